The second-order valence-corrected chi connectivity index (χ2v) is 4.74. The highest BCUT2D eigenvalue weighted by Crippen LogP contribution is 2.08. The van der Waals surface area contributed by atoms with Gasteiger partial charge in [-0.25, -0.2) is 4.79 Å². The van der Waals surface area contributed by atoms with Gasteiger partial charge >= 0.3 is 6.09 Å². The molecule has 108 valence electrons. The quantitative estimate of drug-likeness (QED) is 0.751. The molecule has 1 aliphatic rings. The van der Waals surface area contributed by atoms with E-state index >= 15 is 0 Å². The van der Waals surface area contributed by atoms with Gasteiger partial charge in [-0.05, 0) is 18.4 Å². The van der Waals surface area contributed by atoms with E-state index in [2.05, 4.69) is 10.6 Å². The van der Waals surface area contributed by atoms with Crippen LogP contribution in [0, 0.1) is 0 Å². The van der Waals surface area contributed by atoms with Gasteiger partial charge in [0.2, 0.25) is 5.91 Å². The van der Waals surface area contributed by atoms with Gasteiger partial charge in [0, 0.05) is 6.54 Å². The second-order valence-electron chi connectivity index (χ2n) is 4.74. The number of aliphatic hydroxyl groups excluding tert-OH is 1. The van der Waals surface area contributed by atoms with E-state index < -0.39 is 24.1 Å². The van der Waals surface area contributed by atoms with E-state index in [1.54, 1.807) is 0 Å². The Hall–Kier alpha value is -1.92. The fourth-order valence-corrected chi connectivity index (χ4v) is 2.01. The Kier molecular flexibility index (Phi) is 5.09. The van der Waals surface area contributed by atoms with Gasteiger partial charge in [-0.3, -0.25) is 10.1 Å². The summed E-state index contributed by atoms with van der Waals surface area (Å²) in [5, 5.41) is 14.4. The highest BCUT2D eigenvalue weighted by molar-refractivity contribution is 5.94. The van der Waals surface area contributed by atoms with Crippen LogP contribution in [0.25, 0.3) is 0 Å². The molecule has 2 rings (SSSR count). The third kappa shape index (κ3) is 4.32. The first kappa shape index (κ1) is 14.5. The van der Waals surface area contributed by atoms with E-state index in [0.717, 1.165) is 5.56 Å². The number of carbonyl (C=O) groups excluding carboxylic acids is 2. The fourth-order valence-electron chi connectivity index (χ4n) is 2.01. The number of nitrogens with one attached hydrogen (secondary N) is 2. The van der Waals surface area contributed by atoms with E-state index in [1.165, 1.54) is 0 Å². The smallest absolute Gasteiger partial charge is 0.414 e. The molecule has 2 atom stereocenters. The Labute approximate surface area is 117 Å². The summed E-state index contributed by atoms with van der Waals surface area (Å²) in [5.41, 5.74) is 0.856. The van der Waals surface area contributed by atoms with Crippen LogP contribution in [0.3, 0.4) is 0 Å². The first-order valence-electron chi connectivity index (χ1n) is 6.58. The lowest BCUT2D eigenvalue weighted by Gasteiger charge is -2.25. The van der Waals surface area contributed by atoms with Crippen molar-refractivity contribution in [1.29, 1.82) is 0 Å². The van der Waals surface area contributed by atoms with Gasteiger partial charge in [-0.1, -0.05) is 30.3 Å². The van der Waals surface area contributed by atoms with Crippen molar-refractivity contribution in [2.45, 2.75) is 31.6 Å². The molecule has 0 radical (unpaired) electrons. The van der Waals surface area contributed by atoms with E-state index in [-0.39, 0.29) is 6.61 Å². The van der Waals surface area contributed by atoms with E-state index in [4.69, 9.17) is 4.74 Å². The van der Waals surface area contributed by atoms with Crippen molar-refractivity contribution in [1.82, 2.24) is 10.6 Å². The number of hydrogen-bond donors (Lipinski definition) is 3. The molecule has 0 aliphatic carbocycles. The molecule has 1 saturated heterocycles. The zero-order chi connectivity index (χ0) is 14.4. The van der Waals surface area contributed by atoms with Crippen LogP contribution in [0.2, 0.25) is 0 Å². The van der Waals surface area contributed by atoms with E-state index in [9.17, 15) is 14.7 Å². The van der Waals surface area contributed by atoms with Crippen molar-refractivity contribution in [2.75, 3.05) is 6.54 Å². The molecule has 1 aromatic rings. The molecule has 0 unspecified atom stereocenters. The van der Waals surface area contributed by atoms with Crippen molar-refractivity contribution in [3.05, 3.63) is 35.9 Å². The maximum absolute atomic E-state index is 11.8. The van der Waals surface area contributed by atoms with Crippen LogP contribution in [-0.4, -0.2) is 35.8 Å². The lowest BCUT2D eigenvalue weighted by atomic mass is 10.0. The van der Waals surface area contributed by atoms with Crippen molar-refractivity contribution in [3.63, 3.8) is 0 Å². The van der Waals surface area contributed by atoms with Gasteiger partial charge in [-0.15, -0.1) is 0 Å². The molecule has 6 heteroatoms. The number of piperidine rings is 1. The van der Waals surface area contributed by atoms with Crippen molar-refractivity contribution >= 4 is 12.0 Å². The minimum atomic E-state index is -0.758. The standard InChI is InChI=1S/C14H18N2O4/c17-11-6-7-12(15-8-11)13(18)16-14(19)20-9-10-4-2-1-3-5-10/h1-5,11-12,15,17H,6-9H2,(H,16,18,19)/t11-,12-/m0/s1. The molecule has 1 aromatic carbocycles. The van der Waals surface area contributed by atoms with Crippen molar-refractivity contribution in [3.8, 4) is 0 Å². The molecule has 6 nitrogen and oxygen atoms in total. The summed E-state index contributed by atoms with van der Waals surface area (Å²) in [7, 11) is 0. The monoisotopic (exact) mass is 278 g/mol. The fraction of sp³-hybridized carbons (Fsp3) is 0.429. The van der Waals surface area contributed by atoms with Crippen LogP contribution in [0.5, 0.6) is 0 Å². The SMILES string of the molecule is O=C(NC(=O)[C@@H]1CC[C@H](O)CN1)OCc1ccccc1. The van der Waals surface area contributed by atoms with Gasteiger partial charge in [0.25, 0.3) is 0 Å². The number of aliphatic hydroxyl groups is 1. The summed E-state index contributed by atoms with van der Waals surface area (Å²) >= 11 is 0. The molecule has 0 aromatic heterocycles. The molecular weight excluding hydrogens is 260 g/mol. The first-order chi connectivity index (χ1) is 9.65. The number of rotatable bonds is 3. The Morgan fingerprint density at radius 3 is 2.70 bits per heavy atom. The summed E-state index contributed by atoms with van der Waals surface area (Å²) in [6.07, 6.45) is -0.140. The van der Waals surface area contributed by atoms with Crippen LogP contribution < -0.4 is 10.6 Å². The Morgan fingerprint density at radius 2 is 2.05 bits per heavy atom. The molecular formula is C14H18N2O4. The number of ether oxygens (including phenoxy) is 1. The number of hydrogen-bond acceptors (Lipinski definition) is 5. The van der Waals surface area contributed by atoms with Gasteiger partial charge < -0.3 is 15.2 Å². The minimum absolute atomic E-state index is 0.122. The van der Waals surface area contributed by atoms with Crippen LogP contribution in [0.1, 0.15) is 18.4 Å². The average Bonchev–Trinajstić information content (AvgIpc) is 2.47. The largest absolute Gasteiger partial charge is 0.444 e. The number of imide groups is 1. The zero-order valence-electron chi connectivity index (χ0n) is 11.0. The first-order valence-corrected chi connectivity index (χ1v) is 6.58. The number of β-amino-alcohol motifs (C(OH)–C–C–N with tert-alkyl or cyclic N) is 1. The predicted octanol–water partition coefficient (Wildman–Crippen LogP) is 0.552. The van der Waals surface area contributed by atoms with E-state index in [0.29, 0.717) is 19.4 Å². The summed E-state index contributed by atoms with van der Waals surface area (Å²) in [5.74, 6) is -0.421. The van der Waals surface area contributed by atoms with Crippen molar-refractivity contribution < 1.29 is 19.4 Å². The van der Waals surface area contributed by atoms with Gasteiger partial charge in [-0.2, -0.15) is 0 Å². The van der Waals surface area contributed by atoms with Crippen LogP contribution >= 0.6 is 0 Å². The number of benzene rings is 1. The molecule has 1 heterocycles. The summed E-state index contributed by atoms with van der Waals surface area (Å²) in [6, 6.07) is 8.77. The van der Waals surface area contributed by atoms with Crippen LogP contribution in [0.15, 0.2) is 30.3 Å². The summed E-state index contributed by atoms with van der Waals surface area (Å²) in [4.78, 5) is 23.3. The summed E-state index contributed by atoms with van der Waals surface area (Å²) in [6.45, 7) is 0.480. The molecule has 1 fully saturated rings. The number of carbonyl (C=O) groups is 2. The third-order valence-corrected chi connectivity index (χ3v) is 3.14. The molecule has 0 bridgehead atoms. The molecule has 3 N–H and O–H groups in total. The molecule has 1 aliphatic heterocycles. The molecule has 20 heavy (non-hydrogen) atoms. The molecule has 2 amide bonds. The normalized spacial score (nSPS) is 22.1. The Bertz CT molecular complexity index is 456. The van der Waals surface area contributed by atoms with Gasteiger partial charge in [0.1, 0.15) is 6.61 Å². The maximum Gasteiger partial charge on any atom is 0.414 e. The topological polar surface area (TPSA) is 87.7 Å². The van der Waals surface area contributed by atoms with Crippen LogP contribution in [0.4, 0.5) is 4.79 Å². The minimum Gasteiger partial charge on any atom is -0.444 e. The highest BCUT2D eigenvalue weighted by Gasteiger charge is 2.25. The predicted molar refractivity (Wildman–Crippen MR) is 71.8 cm³/mol. The second kappa shape index (κ2) is 7.02. The highest BCUT2D eigenvalue weighted by atomic mass is 16.5. The maximum atomic E-state index is 11.8. The third-order valence-electron chi connectivity index (χ3n) is 3.14. The van der Waals surface area contributed by atoms with E-state index in [1.807, 2.05) is 30.3 Å². The zero-order valence-corrected chi connectivity index (χ0v) is 11.0. The van der Waals surface area contributed by atoms with Gasteiger partial charge in [0.15, 0.2) is 0 Å². The molecule has 0 saturated carbocycles. The Balaban J connectivity index is 1.72. The lowest BCUT2D eigenvalue weighted by Crippen LogP contribution is -2.51. The van der Waals surface area contributed by atoms with Crippen molar-refractivity contribution in [2.24, 2.45) is 0 Å². The van der Waals surface area contributed by atoms with Crippen LogP contribution in [-0.2, 0) is 16.1 Å². The van der Waals surface area contributed by atoms with Gasteiger partial charge in [0.05, 0.1) is 12.1 Å². The average molecular weight is 278 g/mol. The number of alkyl carbamates (subject to hydrolysis) is 1. The number of amides is 2. The lowest BCUT2D eigenvalue weighted by molar-refractivity contribution is -0.123. The molecule has 0 spiro atoms. The summed E-state index contributed by atoms with van der Waals surface area (Å²) < 4.78 is 4.96. The Morgan fingerprint density at radius 1 is 1.30 bits per heavy atom.